The van der Waals surface area contributed by atoms with E-state index in [1.807, 2.05) is 30.5 Å². The summed E-state index contributed by atoms with van der Waals surface area (Å²) in [6.07, 6.45) is 2.74. The van der Waals surface area contributed by atoms with Gasteiger partial charge in [-0.25, -0.2) is 0 Å². The van der Waals surface area contributed by atoms with Crippen LogP contribution in [-0.2, 0) is 20.9 Å². The monoisotopic (exact) mass is 446 g/mol. The first-order valence-corrected chi connectivity index (χ1v) is 11.2. The third-order valence-electron chi connectivity index (χ3n) is 6.34. The Kier molecular flexibility index (Phi) is 5.83. The summed E-state index contributed by atoms with van der Waals surface area (Å²) in [5.74, 6) is -0.276. The fraction of sp³-hybridized carbons (Fsp3) is 0.320. The molecular formula is C25H26N4O4. The molecule has 1 aromatic heterocycles. The molecule has 5 rings (SSSR count). The lowest BCUT2D eigenvalue weighted by Gasteiger charge is -2.27. The minimum Gasteiger partial charge on any atom is -0.378 e. The fourth-order valence-electron chi connectivity index (χ4n) is 4.52. The number of H-pyrrole nitrogens is 1. The molecule has 0 saturated carbocycles. The van der Waals surface area contributed by atoms with E-state index in [1.165, 1.54) is 0 Å². The minimum atomic E-state index is -0.527. The smallest absolute Gasteiger partial charge is 0.254 e. The average Bonchev–Trinajstić information content (AvgIpc) is 3.43. The van der Waals surface area contributed by atoms with Crippen LogP contribution >= 0.6 is 0 Å². The molecule has 0 aliphatic carbocycles. The zero-order valence-corrected chi connectivity index (χ0v) is 18.3. The Morgan fingerprint density at radius 2 is 1.82 bits per heavy atom. The summed E-state index contributed by atoms with van der Waals surface area (Å²) in [5, 5.41) is 3.96. The minimum absolute atomic E-state index is 0.0214. The van der Waals surface area contributed by atoms with Crippen LogP contribution in [0.15, 0.2) is 54.7 Å². The Bertz CT molecular complexity index is 1180. The van der Waals surface area contributed by atoms with Gasteiger partial charge in [0.25, 0.3) is 5.91 Å². The summed E-state index contributed by atoms with van der Waals surface area (Å²) >= 11 is 0. The second kappa shape index (κ2) is 9.07. The normalized spacial score (nSPS) is 18.7. The molecule has 2 saturated heterocycles. The number of carbonyl (C=O) groups is 3. The van der Waals surface area contributed by atoms with Crippen molar-refractivity contribution in [1.29, 1.82) is 0 Å². The number of aromatic nitrogens is 1. The number of hydrogen-bond acceptors (Lipinski definition) is 4. The first-order chi connectivity index (χ1) is 16.1. The number of ether oxygens (including phenoxy) is 1. The number of nitrogens with zero attached hydrogens (tertiary/aromatic N) is 2. The number of morpholine rings is 1. The summed E-state index contributed by atoms with van der Waals surface area (Å²) in [7, 11) is 0. The second-order valence-corrected chi connectivity index (χ2v) is 8.41. The number of fused-ring (bicyclic) bond motifs is 1. The van der Waals surface area contributed by atoms with Gasteiger partial charge >= 0.3 is 0 Å². The molecule has 8 nitrogen and oxygen atoms in total. The van der Waals surface area contributed by atoms with Gasteiger partial charge in [-0.1, -0.05) is 18.2 Å². The third-order valence-corrected chi connectivity index (χ3v) is 6.34. The van der Waals surface area contributed by atoms with Crippen molar-refractivity contribution in [3.63, 3.8) is 0 Å². The van der Waals surface area contributed by atoms with Gasteiger partial charge in [0.15, 0.2) is 0 Å². The maximum absolute atomic E-state index is 13.0. The highest BCUT2D eigenvalue weighted by Crippen LogP contribution is 2.26. The Morgan fingerprint density at radius 3 is 2.61 bits per heavy atom. The zero-order chi connectivity index (χ0) is 22.8. The van der Waals surface area contributed by atoms with Crippen LogP contribution in [-0.4, -0.2) is 64.9 Å². The number of para-hydroxylation sites is 1. The highest BCUT2D eigenvalue weighted by atomic mass is 16.5. The molecule has 2 fully saturated rings. The lowest BCUT2D eigenvalue weighted by atomic mass is 10.1. The van der Waals surface area contributed by atoms with Gasteiger partial charge in [0.2, 0.25) is 11.8 Å². The number of carbonyl (C=O) groups excluding carboxylic acids is 3. The van der Waals surface area contributed by atoms with Crippen molar-refractivity contribution in [3.8, 4) is 0 Å². The van der Waals surface area contributed by atoms with Gasteiger partial charge in [-0.15, -0.1) is 0 Å². The van der Waals surface area contributed by atoms with Crippen LogP contribution < -0.4 is 5.32 Å². The zero-order valence-electron chi connectivity index (χ0n) is 18.3. The topological polar surface area (TPSA) is 94.7 Å². The van der Waals surface area contributed by atoms with E-state index in [-0.39, 0.29) is 17.7 Å². The highest BCUT2D eigenvalue weighted by Gasteiger charge is 2.36. The van der Waals surface area contributed by atoms with E-state index in [1.54, 1.807) is 34.1 Å². The lowest BCUT2D eigenvalue weighted by molar-refractivity contribution is -0.133. The first-order valence-electron chi connectivity index (χ1n) is 11.2. The van der Waals surface area contributed by atoms with Gasteiger partial charge in [-0.05, 0) is 42.3 Å². The SMILES string of the molecule is O=C(Nc1ccc(C(=O)N2CCOCC2)cc1)C1CCC(=O)N1Cc1c[nH]c2ccccc12. The molecule has 8 heteroatoms. The molecule has 0 radical (unpaired) electrons. The maximum atomic E-state index is 13.0. The molecule has 1 atom stereocenters. The van der Waals surface area contributed by atoms with Gasteiger partial charge in [0.05, 0.1) is 13.2 Å². The Morgan fingerprint density at radius 1 is 1.06 bits per heavy atom. The number of aromatic amines is 1. The lowest BCUT2D eigenvalue weighted by Crippen LogP contribution is -2.41. The van der Waals surface area contributed by atoms with Crippen molar-refractivity contribution in [2.75, 3.05) is 31.6 Å². The quantitative estimate of drug-likeness (QED) is 0.630. The standard InChI is InChI=1S/C25H26N4O4/c30-23-10-9-22(29(23)16-18-15-26-21-4-2-1-3-20(18)21)24(31)27-19-7-5-17(6-8-19)25(32)28-11-13-33-14-12-28/h1-8,15,22,26H,9-14,16H2,(H,27,31). The number of nitrogens with one attached hydrogen (secondary N) is 2. The van der Waals surface area contributed by atoms with Crippen LogP contribution in [0, 0.1) is 0 Å². The van der Waals surface area contributed by atoms with Crippen LogP contribution in [0.3, 0.4) is 0 Å². The van der Waals surface area contributed by atoms with Crippen molar-refractivity contribution in [1.82, 2.24) is 14.8 Å². The van der Waals surface area contributed by atoms with Crippen molar-refractivity contribution in [2.24, 2.45) is 0 Å². The van der Waals surface area contributed by atoms with Gasteiger partial charge in [-0.2, -0.15) is 0 Å². The number of hydrogen-bond donors (Lipinski definition) is 2. The molecule has 33 heavy (non-hydrogen) atoms. The summed E-state index contributed by atoms with van der Waals surface area (Å²) in [4.78, 5) is 44.8. The molecule has 0 bridgehead atoms. The van der Waals surface area contributed by atoms with E-state index < -0.39 is 6.04 Å². The molecule has 2 aromatic carbocycles. The summed E-state index contributed by atoms with van der Waals surface area (Å²) in [5.41, 5.74) is 3.17. The fourth-order valence-corrected chi connectivity index (χ4v) is 4.52. The second-order valence-electron chi connectivity index (χ2n) is 8.41. The Hall–Kier alpha value is -3.65. The van der Waals surface area contributed by atoms with Crippen LogP contribution in [0.5, 0.6) is 0 Å². The van der Waals surface area contributed by atoms with Crippen molar-refractivity contribution in [2.45, 2.75) is 25.4 Å². The summed E-state index contributed by atoms with van der Waals surface area (Å²) < 4.78 is 5.30. The number of amides is 3. The largest absolute Gasteiger partial charge is 0.378 e. The van der Waals surface area contributed by atoms with E-state index >= 15 is 0 Å². The highest BCUT2D eigenvalue weighted by molar-refractivity contribution is 6.00. The maximum Gasteiger partial charge on any atom is 0.254 e. The molecule has 3 aromatic rings. The van der Waals surface area contributed by atoms with Gasteiger partial charge in [0.1, 0.15) is 6.04 Å². The van der Waals surface area contributed by atoms with Crippen LogP contribution in [0.25, 0.3) is 10.9 Å². The van der Waals surface area contributed by atoms with Crippen molar-refractivity contribution < 1.29 is 19.1 Å². The van der Waals surface area contributed by atoms with Crippen molar-refractivity contribution >= 4 is 34.3 Å². The molecule has 3 amide bonds. The van der Waals surface area contributed by atoms with E-state index in [0.29, 0.717) is 56.9 Å². The molecular weight excluding hydrogens is 420 g/mol. The molecule has 2 aliphatic heterocycles. The average molecular weight is 447 g/mol. The summed E-state index contributed by atoms with van der Waals surface area (Å²) in [6, 6.07) is 14.3. The molecule has 1 unspecified atom stereocenters. The molecule has 2 N–H and O–H groups in total. The molecule has 0 spiro atoms. The van der Waals surface area contributed by atoms with E-state index in [0.717, 1.165) is 16.5 Å². The summed E-state index contributed by atoms with van der Waals surface area (Å²) in [6.45, 7) is 2.65. The van der Waals surface area contributed by atoms with Gasteiger partial charge in [-0.3, -0.25) is 14.4 Å². The third kappa shape index (κ3) is 4.34. The predicted octanol–water partition coefficient (Wildman–Crippen LogP) is 2.77. The van der Waals surface area contributed by atoms with Gasteiger partial charge in [0, 0.05) is 54.4 Å². The van der Waals surface area contributed by atoms with E-state index in [9.17, 15) is 14.4 Å². The van der Waals surface area contributed by atoms with E-state index in [2.05, 4.69) is 10.3 Å². The van der Waals surface area contributed by atoms with Crippen molar-refractivity contribution in [3.05, 3.63) is 65.9 Å². The number of likely N-dealkylation sites (tertiary alicyclic amines) is 1. The number of benzene rings is 2. The molecule has 170 valence electrons. The molecule has 2 aliphatic rings. The Labute approximate surface area is 191 Å². The predicted molar refractivity (Wildman–Crippen MR) is 124 cm³/mol. The van der Waals surface area contributed by atoms with Crippen LogP contribution in [0.2, 0.25) is 0 Å². The van der Waals surface area contributed by atoms with Crippen LogP contribution in [0.4, 0.5) is 5.69 Å². The van der Waals surface area contributed by atoms with Gasteiger partial charge < -0.3 is 24.8 Å². The first kappa shape index (κ1) is 21.2. The molecule has 3 heterocycles. The van der Waals surface area contributed by atoms with E-state index in [4.69, 9.17) is 4.74 Å². The Balaban J connectivity index is 1.25. The number of rotatable bonds is 5. The number of anilines is 1. The van der Waals surface area contributed by atoms with Crippen LogP contribution in [0.1, 0.15) is 28.8 Å².